The number of benzene rings is 2. The molecule has 30 heavy (non-hydrogen) atoms. The molecule has 0 radical (unpaired) electrons. The SMILES string of the molecule is CCCCn1c2nc3ccccc3nc2c2c(=O)n(Cc3ccc(Cl)cc3)cnc21. The third kappa shape index (κ3) is 3.13. The minimum atomic E-state index is -0.111. The second-order valence-corrected chi connectivity index (χ2v) is 7.83. The van der Waals surface area contributed by atoms with Gasteiger partial charge in [-0.1, -0.05) is 49.2 Å². The molecule has 5 rings (SSSR count). The molecule has 0 aliphatic rings. The van der Waals surface area contributed by atoms with Crippen LogP contribution in [0.1, 0.15) is 25.3 Å². The minimum Gasteiger partial charge on any atom is -0.308 e. The van der Waals surface area contributed by atoms with Crippen LogP contribution in [0.4, 0.5) is 0 Å². The van der Waals surface area contributed by atoms with Gasteiger partial charge in [-0.25, -0.2) is 15.0 Å². The largest absolute Gasteiger partial charge is 0.308 e. The number of para-hydroxylation sites is 2. The summed E-state index contributed by atoms with van der Waals surface area (Å²) in [4.78, 5) is 27.7. The molecule has 150 valence electrons. The molecule has 5 aromatic rings. The molecule has 6 nitrogen and oxygen atoms in total. The molecular formula is C23H20ClN5O. The van der Waals surface area contributed by atoms with Crippen LogP contribution >= 0.6 is 11.6 Å². The second-order valence-electron chi connectivity index (χ2n) is 7.39. The lowest BCUT2D eigenvalue weighted by Crippen LogP contribution is -2.21. The number of rotatable bonds is 5. The Bertz CT molecular complexity index is 1440. The van der Waals surface area contributed by atoms with E-state index in [1.807, 2.05) is 53.1 Å². The van der Waals surface area contributed by atoms with Crippen LogP contribution in [0.5, 0.6) is 0 Å². The lowest BCUT2D eigenvalue weighted by atomic mass is 10.2. The van der Waals surface area contributed by atoms with Crippen molar-refractivity contribution < 1.29 is 0 Å². The fourth-order valence-corrected chi connectivity index (χ4v) is 3.89. The van der Waals surface area contributed by atoms with Crippen LogP contribution < -0.4 is 5.56 Å². The number of halogens is 1. The topological polar surface area (TPSA) is 65.6 Å². The number of fused-ring (bicyclic) bond motifs is 4. The van der Waals surface area contributed by atoms with Gasteiger partial charge in [-0.15, -0.1) is 0 Å². The van der Waals surface area contributed by atoms with Crippen LogP contribution in [0.2, 0.25) is 5.02 Å². The van der Waals surface area contributed by atoms with Crippen LogP contribution in [-0.4, -0.2) is 24.1 Å². The normalized spacial score (nSPS) is 11.7. The Hall–Kier alpha value is -3.25. The predicted octanol–water partition coefficient (Wildman–Crippen LogP) is 4.80. The number of aryl methyl sites for hydroxylation is 1. The molecule has 0 saturated carbocycles. The fourth-order valence-electron chi connectivity index (χ4n) is 3.77. The van der Waals surface area contributed by atoms with Crippen LogP contribution in [-0.2, 0) is 13.1 Å². The number of aromatic nitrogens is 5. The number of nitrogens with zero attached hydrogens (tertiary/aromatic N) is 5. The van der Waals surface area contributed by atoms with Gasteiger partial charge in [-0.2, -0.15) is 0 Å². The zero-order valence-corrected chi connectivity index (χ0v) is 17.3. The van der Waals surface area contributed by atoms with Gasteiger partial charge in [0.25, 0.3) is 5.56 Å². The van der Waals surface area contributed by atoms with Gasteiger partial charge >= 0.3 is 0 Å². The molecule has 0 bridgehead atoms. The molecular weight excluding hydrogens is 398 g/mol. The summed E-state index contributed by atoms with van der Waals surface area (Å²) < 4.78 is 3.65. The van der Waals surface area contributed by atoms with Crippen molar-refractivity contribution in [3.05, 3.63) is 75.8 Å². The van der Waals surface area contributed by atoms with Crippen LogP contribution in [0.3, 0.4) is 0 Å². The second kappa shape index (κ2) is 7.54. The van der Waals surface area contributed by atoms with E-state index in [0.717, 1.165) is 36.0 Å². The lowest BCUT2D eigenvalue weighted by molar-refractivity contribution is 0.654. The van der Waals surface area contributed by atoms with Gasteiger partial charge in [0.15, 0.2) is 11.3 Å². The van der Waals surface area contributed by atoms with Gasteiger partial charge in [0.05, 0.1) is 17.6 Å². The van der Waals surface area contributed by atoms with E-state index >= 15 is 0 Å². The quantitative estimate of drug-likeness (QED) is 0.412. The Labute approximate surface area is 177 Å². The lowest BCUT2D eigenvalue weighted by Gasteiger charge is -2.07. The minimum absolute atomic E-state index is 0.111. The van der Waals surface area contributed by atoms with Gasteiger partial charge in [0.2, 0.25) is 0 Å². The van der Waals surface area contributed by atoms with Crippen molar-refractivity contribution in [1.29, 1.82) is 0 Å². The van der Waals surface area contributed by atoms with E-state index in [0.29, 0.717) is 33.8 Å². The highest BCUT2D eigenvalue weighted by molar-refractivity contribution is 6.30. The van der Waals surface area contributed by atoms with E-state index in [2.05, 4.69) is 11.9 Å². The van der Waals surface area contributed by atoms with E-state index in [4.69, 9.17) is 21.6 Å². The van der Waals surface area contributed by atoms with Crippen LogP contribution in [0, 0.1) is 0 Å². The van der Waals surface area contributed by atoms with E-state index in [1.54, 1.807) is 10.9 Å². The van der Waals surface area contributed by atoms with Gasteiger partial charge in [0, 0.05) is 11.6 Å². The average molecular weight is 418 g/mol. The molecule has 0 spiro atoms. The van der Waals surface area contributed by atoms with Crippen molar-refractivity contribution in [2.45, 2.75) is 32.9 Å². The van der Waals surface area contributed by atoms with E-state index in [9.17, 15) is 4.79 Å². The Morgan fingerprint density at radius 1 is 0.967 bits per heavy atom. The van der Waals surface area contributed by atoms with Gasteiger partial charge < -0.3 is 4.57 Å². The molecule has 0 aliphatic carbocycles. The maximum absolute atomic E-state index is 13.5. The highest BCUT2D eigenvalue weighted by Crippen LogP contribution is 2.25. The Balaban J connectivity index is 1.76. The van der Waals surface area contributed by atoms with Crippen molar-refractivity contribution >= 4 is 44.8 Å². The molecule has 3 aromatic heterocycles. The number of unbranched alkanes of at least 4 members (excludes halogenated alkanes) is 1. The molecule has 0 saturated heterocycles. The van der Waals surface area contributed by atoms with Crippen LogP contribution in [0.15, 0.2) is 59.7 Å². The molecule has 2 aromatic carbocycles. The molecule has 0 aliphatic heterocycles. The third-order valence-electron chi connectivity index (χ3n) is 5.32. The van der Waals surface area contributed by atoms with Gasteiger partial charge in [-0.3, -0.25) is 9.36 Å². The highest BCUT2D eigenvalue weighted by atomic mass is 35.5. The zero-order chi connectivity index (χ0) is 20.7. The first kappa shape index (κ1) is 18.8. The smallest absolute Gasteiger partial charge is 0.265 e. The summed E-state index contributed by atoms with van der Waals surface area (Å²) in [5.74, 6) is 0. The average Bonchev–Trinajstić information content (AvgIpc) is 3.07. The molecule has 7 heteroatoms. The van der Waals surface area contributed by atoms with Crippen molar-refractivity contribution in [1.82, 2.24) is 24.1 Å². The predicted molar refractivity (Wildman–Crippen MR) is 120 cm³/mol. The molecule has 0 amide bonds. The third-order valence-corrected chi connectivity index (χ3v) is 5.57. The standard InChI is InChI=1S/C23H20ClN5O/c1-2-3-12-29-21-19(20-22(29)27-18-7-5-4-6-17(18)26-20)23(30)28(14-25-21)13-15-8-10-16(24)11-9-15/h4-11,14H,2-3,12-13H2,1H3. The summed E-state index contributed by atoms with van der Waals surface area (Å²) in [5.41, 5.74) is 4.42. The van der Waals surface area contributed by atoms with Crippen molar-refractivity contribution in [2.75, 3.05) is 0 Å². The molecule has 0 atom stereocenters. The summed E-state index contributed by atoms with van der Waals surface area (Å²) in [5, 5.41) is 1.19. The van der Waals surface area contributed by atoms with E-state index < -0.39 is 0 Å². The molecule has 0 fully saturated rings. The van der Waals surface area contributed by atoms with Crippen LogP contribution in [0.25, 0.3) is 33.2 Å². The maximum Gasteiger partial charge on any atom is 0.265 e. The number of hydrogen-bond acceptors (Lipinski definition) is 4. The maximum atomic E-state index is 13.5. The van der Waals surface area contributed by atoms with Crippen molar-refractivity contribution in [3.63, 3.8) is 0 Å². The fraction of sp³-hybridized carbons (Fsp3) is 0.217. The van der Waals surface area contributed by atoms with Gasteiger partial charge in [0.1, 0.15) is 17.2 Å². The first-order chi connectivity index (χ1) is 14.7. The first-order valence-corrected chi connectivity index (χ1v) is 10.4. The summed E-state index contributed by atoms with van der Waals surface area (Å²) in [6.07, 6.45) is 3.62. The molecule has 0 N–H and O–H groups in total. The van der Waals surface area contributed by atoms with Gasteiger partial charge in [-0.05, 0) is 36.2 Å². The van der Waals surface area contributed by atoms with Crippen molar-refractivity contribution in [2.24, 2.45) is 0 Å². The summed E-state index contributed by atoms with van der Waals surface area (Å²) in [7, 11) is 0. The first-order valence-electron chi connectivity index (χ1n) is 10.0. The highest BCUT2D eigenvalue weighted by Gasteiger charge is 2.19. The monoisotopic (exact) mass is 417 g/mol. The van der Waals surface area contributed by atoms with E-state index in [1.165, 1.54) is 0 Å². The van der Waals surface area contributed by atoms with Crippen molar-refractivity contribution in [3.8, 4) is 0 Å². The Kier molecular flexibility index (Phi) is 4.71. The number of hydrogen-bond donors (Lipinski definition) is 0. The Morgan fingerprint density at radius 2 is 1.70 bits per heavy atom. The molecule has 3 heterocycles. The summed E-state index contributed by atoms with van der Waals surface area (Å²) in [6, 6.07) is 15.2. The Morgan fingerprint density at radius 3 is 2.43 bits per heavy atom. The van der Waals surface area contributed by atoms with E-state index in [-0.39, 0.29) is 5.56 Å². The summed E-state index contributed by atoms with van der Waals surface area (Å²) >= 11 is 5.98. The molecule has 0 unspecified atom stereocenters. The summed E-state index contributed by atoms with van der Waals surface area (Å²) in [6.45, 7) is 3.31. The zero-order valence-electron chi connectivity index (χ0n) is 16.5.